The molecular weight excluding hydrogens is 181 g/mol. The predicted octanol–water partition coefficient (Wildman–Crippen LogP) is 1.98. The lowest BCUT2D eigenvalue weighted by atomic mass is 11.0. The van der Waals surface area contributed by atoms with Gasteiger partial charge in [0.1, 0.15) is 0 Å². The molecule has 1 rings (SSSR count). The van der Waals surface area contributed by atoms with Gasteiger partial charge in [0.05, 0.1) is 5.51 Å². The van der Waals surface area contributed by atoms with Crippen molar-refractivity contribution in [3.8, 4) is 0 Å². The van der Waals surface area contributed by atoms with E-state index in [1.165, 1.54) is 0 Å². The van der Waals surface area contributed by atoms with Crippen LogP contribution in [0.5, 0.6) is 0 Å². The van der Waals surface area contributed by atoms with Crippen molar-refractivity contribution in [1.29, 1.82) is 0 Å². The Morgan fingerprint density at radius 2 is 2.22 bits per heavy atom. The molecule has 0 amide bonds. The van der Waals surface area contributed by atoms with Crippen LogP contribution in [0.15, 0.2) is 17.1 Å². The fraction of sp³-hybridized carbons (Fsp3) is 0. The van der Waals surface area contributed by atoms with Gasteiger partial charge in [-0.15, -0.1) is 23.7 Å². The third kappa shape index (κ3) is 11.4. The van der Waals surface area contributed by atoms with Gasteiger partial charge in [-0.05, 0) is 11.6 Å². The summed E-state index contributed by atoms with van der Waals surface area (Å²) in [6.07, 6.45) is 1.77. The van der Waals surface area contributed by atoms with Crippen molar-refractivity contribution in [2.75, 3.05) is 0 Å². The van der Waals surface area contributed by atoms with E-state index in [2.05, 4.69) is 16.6 Å². The van der Waals surface area contributed by atoms with Gasteiger partial charge in [0.15, 0.2) is 0 Å². The molecule has 0 spiro atoms. The molecule has 0 N–H and O–H groups in total. The van der Waals surface area contributed by atoms with E-state index in [1.54, 1.807) is 23.0 Å². The summed E-state index contributed by atoms with van der Waals surface area (Å²) in [4.78, 5) is 12.3. The molecule has 0 bridgehead atoms. The number of hydrogen-bond donors (Lipinski definition) is 0. The van der Waals surface area contributed by atoms with Crippen LogP contribution in [0.2, 0.25) is 0 Å². The Morgan fingerprint density at radius 1 is 1.67 bits per heavy atom. The van der Waals surface area contributed by atoms with Gasteiger partial charge in [-0.3, -0.25) is 9.78 Å². The second-order valence-corrected chi connectivity index (χ2v) is 1.70. The zero-order chi connectivity index (χ0) is 6.24. The number of carbonyl (C=O) groups excluding carboxylic acids is 1. The minimum absolute atomic E-state index is 0. The van der Waals surface area contributed by atoms with Crippen LogP contribution < -0.4 is 0 Å². The Bertz CT molecular complexity index is 105. The van der Waals surface area contributed by atoms with Gasteiger partial charge in [-0.1, -0.05) is 0 Å². The molecule has 0 fully saturated rings. The largest absolute Gasteiger partial charge is 0.285 e. The molecule has 0 aliphatic heterocycles. The number of nitrogens with zero attached hydrogens (tertiary/aromatic N) is 1. The van der Waals surface area contributed by atoms with Gasteiger partial charge in [-0.25, -0.2) is 0 Å². The van der Waals surface area contributed by atoms with Crippen LogP contribution in [0.1, 0.15) is 0 Å². The molecule has 0 aliphatic carbocycles. The summed E-state index contributed by atoms with van der Waals surface area (Å²) in [5, 5.41) is 1.93. The molecule has 1 aromatic rings. The van der Waals surface area contributed by atoms with Crippen LogP contribution in [0, 0.1) is 0 Å². The maximum atomic E-state index is 8.57. The first-order valence-electron chi connectivity index (χ1n) is 1.78. The maximum absolute atomic E-state index is 8.57. The van der Waals surface area contributed by atoms with Gasteiger partial charge in [-0.2, -0.15) is 0 Å². The van der Waals surface area contributed by atoms with Crippen LogP contribution in [0.25, 0.3) is 0 Å². The molecule has 52 valence electrons. The molecule has 2 nitrogen and oxygen atoms in total. The Morgan fingerprint density at radius 3 is 2.33 bits per heavy atom. The maximum Gasteiger partial charge on any atom is 0.208 e. The highest BCUT2D eigenvalue weighted by Crippen LogP contribution is 1.85. The van der Waals surface area contributed by atoms with Crippen molar-refractivity contribution in [3.63, 3.8) is 0 Å². The lowest BCUT2D eigenvalue weighted by Gasteiger charge is -1.41. The lowest BCUT2D eigenvalue weighted by Crippen LogP contribution is -1.38. The van der Waals surface area contributed by atoms with Gasteiger partial charge >= 0.3 is 0 Å². The first-order valence-corrected chi connectivity index (χ1v) is 3.15. The summed E-state index contributed by atoms with van der Waals surface area (Å²) in [6.45, 7) is 0. The Balaban J connectivity index is 0. The first-order chi connectivity index (χ1) is 3.91. The van der Waals surface area contributed by atoms with E-state index in [0.29, 0.717) is 0 Å². The fourth-order valence-corrected chi connectivity index (χ4v) is 0.527. The second-order valence-electron chi connectivity index (χ2n) is 0.765. The van der Waals surface area contributed by atoms with Crippen molar-refractivity contribution < 1.29 is 4.79 Å². The topological polar surface area (TPSA) is 30.0 Å². The summed E-state index contributed by atoms with van der Waals surface area (Å²) < 4.78 is 0. The number of carbonyl (C=O) groups is 1. The summed E-state index contributed by atoms with van der Waals surface area (Å²) >= 11 is 5.92. The molecule has 1 aromatic heterocycles. The van der Waals surface area contributed by atoms with Gasteiger partial charge in [0, 0.05) is 11.6 Å². The lowest BCUT2D eigenvalue weighted by molar-refractivity contribution is 0.569. The number of hydrogen-bond acceptors (Lipinski definition) is 3. The van der Waals surface area contributed by atoms with Crippen molar-refractivity contribution >= 4 is 41.1 Å². The number of thiazole rings is 1. The van der Waals surface area contributed by atoms with E-state index < -0.39 is 0 Å². The molecule has 0 aliphatic rings. The zero-order valence-electron chi connectivity index (χ0n) is 4.36. The molecule has 0 saturated carbocycles. The molecule has 5 heteroatoms. The molecule has 9 heavy (non-hydrogen) atoms. The Hall–Kier alpha value is -0.120. The molecule has 0 atom stereocenters. The SMILES string of the molecule is Cl.O=CCl.c1cscn1. The van der Waals surface area contributed by atoms with E-state index >= 15 is 0 Å². The molecule has 1 heterocycles. The summed E-state index contributed by atoms with van der Waals surface area (Å²) in [5.74, 6) is 0.222. The highest BCUT2D eigenvalue weighted by atomic mass is 35.5. The third-order valence-corrected chi connectivity index (χ3v) is 0.869. The second kappa shape index (κ2) is 10.8. The van der Waals surface area contributed by atoms with Crippen LogP contribution in [-0.4, -0.2) is 10.7 Å². The van der Waals surface area contributed by atoms with Crippen molar-refractivity contribution in [1.82, 2.24) is 4.98 Å². The fourth-order valence-electron chi connectivity index (χ4n) is 0.176. The number of halogens is 2. The molecule has 0 aromatic carbocycles. The van der Waals surface area contributed by atoms with Crippen LogP contribution >= 0.6 is 35.3 Å². The van der Waals surface area contributed by atoms with Crippen LogP contribution in [0.4, 0.5) is 0 Å². The third-order valence-electron chi connectivity index (χ3n) is 0.347. The van der Waals surface area contributed by atoms with Crippen molar-refractivity contribution in [2.45, 2.75) is 0 Å². The van der Waals surface area contributed by atoms with Crippen molar-refractivity contribution in [2.24, 2.45) is 0 Å². The van der Waals surface area contributed by atoms with E-state index in [9.17, 15) is 0 Å². The highest BCUT2D eigenvalue weighted by Gasteiger charge is 1.59. The molecular formula is C4H5Cl2NOS. The van der Waals surface area contributed by atoms with Gasteiger partial charge in [0.2, 0.25) is 5.75 Å². The summed E-state index contributed by atoms with van der Waals surface area (Å²) in [5.41, 5.74) is 1.79. The molecule has 0 saturated heterocycles. The summed E-state index contributed by atoms with van der Waals surface area (Å²) in [7, 11) is 0. The molecule has 0 radical (unpaired) electrons. The summed E-state index contributed by atoms with van der Waals surface area (Å²) in [6, 6.07) is 0. The quantitative estimate of drug-likeness (QED) is 0.458. The number of aromatic nitrogens is 1. The van der Waals surface area contributed by atoms with Gasteiger partial charge < -0.3 is 0 Å². The van der Waals surface area contributed by atoms with Gasteiger partial charge in [0.25, 0.3) is 0 Å². The normalized spacial score (nSPS) is 5.89. The van der Waals surface area contributed by atoms with E-state index in [4.69, 9.17) is 4.79 Å². The average molecular weight is 186 g/mol. The average Bonchev–Trinajstić information content (AvgIpc) is 2.17. The predicted molar refractivity (Wildman–Crippen MR) is 42.0 cm³/mol. The van der Waals surface area contributed by atoms with Crippen LogP contribution in [0.3, 0.4) is 0 Å². The van der Waals surface area contributed by atoms with Crippen molar-refractivity contribution in [3.05, 3.63) is 17.1 Å². The standard InChI is InChI=1S/C3H3NS.CHClO.ClH/c1-2-5-3-4-1;2-1-3;/h1-3H;1H;1H. The van der Waals surface area contributed by atoms with E-state index in [1.807, 2.05) is 5.38 Å². The highest BCUT2D eigenvalue weighted by molar-refractivity contribution is 7.07. The van der Waals surface area contributed by atoms with Crippen LogP contribution in [-0.2, 0) is 4.79 Å². The zero-order valence-corrected chi connectivity index (χ0v) is 6.75. The Labute approximate surface area is 68.3 Å². The first kappa shape index (κ1) is 11.6. The Kier molecular flexibility index (Phi) is 14.0. The minimum Gasteiger partial charge on any atom is -0.285 e. The minimum atomic E-state index is 0. The monoisotopic (exact) mass is 185 g/mol. The smallest absolute Gasteiger partial charge is 0.208 e. The van der Waals surface area contributed by atoms with E-state index in [-0.39, 0.29) is 18.2 Å². The van der Waals surface area contributed by atoms with E-state index in [0.717, 1.165) is 0 Å². The molecule has 0 unspecified atom stereocenters. The number of rotatable bonds is 0.